The van der Waals surface area contributed by atoms with Crippen LogP contribution in [0.2, 0.25) is 0 Å². The van der Waals surface area contributed by atoms with Gasteiger partial charge in [0.1, 0.15) is 5.69 Å². The molecule has 0 radical (unpaired) electrons. The van der Waals surface area contributed by atoms with Crippen molar-refractivity contribution in [1.29, 1.82) is 0 Å². The first kappa shape index (κ1) is 18.2. The Labute approximate surface area is 143 Å². The Morgan fingerprint density at radius 1 is 1.40 bits per heavy atom. The lowest BCUT2D eigenvalue weighted by atomic mass is 10.1. The van der Waals surface area contributed by atoms with E-state index in [1.807, 2.05) is 0 Å². The number of imide groups is 1. The summed E-state index contributed by atoms with van der Waals surface area (Å²) in [7, 11) is 3.28. The lowest BCUT2D eigenvalue weighted by Crippen LogP contribution is -2.41. The van der Waals surface area contributed by atoms with E-state index < -0.39 is 28.9 Å². The SMILES string of the molecule is C[C@@H](OC(=O)c1ccc(N(C)C)c([N+](=O)[O-])c1)C(=O)N1CCNC1=O. The summed E-state index contributed by atoms with van der Waals surface area (Å²) < 4.78 is 5.05. The molecule has 0 saturated carbocycles. The molecule has 3 amide bonds. The summed E-state index contributed by atoms with van der Waals surface area (Å²) in [5, 5.41) is 13.6. The minimum Gasteiger partial charge on any atom is -0.449 e. The number of ether oxygens (including phenoxy) is 1. The van der Waals surface area contributed by atoms with Crippen molar-refractivity contribution in [3.05, 3.63) is 33.9 Å². The second-order valence-electron chi connectivity index (χ2n) is 5.62. The largest absolute Gasteiger partial charge is 0.449 e. The highest BCUT2D eigenvalue weighted by molar-refractivity contribution is 5.99. The maximum absolute atomic E-state index is 12.2. The molecule has 1 aromatic rings. The van der Waals surface area contributed by atoms with E-state index in [0.717, 1.165) is 11.0 Å². The number of nitrogens with one attached hydrogen (secondary N) is 1. The van der Waals surface area contributed by atoms with Gasteiger partial charge in [0.2, 0.25) is 0 Å². The van der Waals surface area contributed by atoms with Gasteiger partial charge in [-0.1, -0.05) is 0 Å². The molecule has 1 aliphatic rings. The van der Waals surface area contributed by atoms with Crippen LogP contribution in [-0.4, -0.2) is 61.0 Å². The van der Waals surface area contributed by atoms with E-state index in [0.29, 0.717) is 12.2 Å². The maximum Gasteiger partial charge on any atom is 0.339 e. The third-order valence-corrected chi connectivity index (χ3v) is 3.64. The molecular formula is C15H18N4O6. The number of anilines is 1. The van der Waals surface area contributed by atoms with Gasteiger partial charge in [0.25, 0.3) is 11.6 Å². The number of amides is 3. The molecule has 1 aliphatic heterocycles. The van der Waals surface area contributed by atoms with Gasteiger partial charge in [-0.3, -0.25) is 19.8 Å². The lowest BCUT2D eigenvalue weighted by Gasteiger charge is -2.18. The van der Waals surface area contributed by atoms with Crippen molar-refractivity contribution >= 4 is 29.3 Å². The van der Waals surface area contributed by atoms with E-state index >= 15 is 0 Å². The van der Waals surface area contributed by atoms with E-state index in [4.69, 9.17) is 4.74 Å². The molecule has 0 aromatic heterocycles. The summed E-state index contributed by atoms with van der Waals surface area (Å²) in [4.78, 5) is 48.8. The van der Waals surface area contributed by atoms with Crippen molar-refractivity contribution in [3.63, 3.8) is 0 Å². The highest BCUT2D eigenvalue weighted by Gasteiger charge is 2.32. The van der Waals surface area contributed by atoms with E-state index in [9.17, 15) is 24.5 Å². The van der Waals surface area contributed by atoms with Crippen LogP contribution >= 0.6 is 0 Å². The number of nitro groups is 1. The second kappa shape index (κ2) is 7.16. The minimum atomic E-state index is -1.19. The molecule has 10 heteroatoms. The molecule has 134 valence electrons. The fourth-order valence-corrected chi connectivity index (χ4v) is 2.36. The van der Waals surface area contributed by atoms with Crippen LogP contribution in [0.5, 0.6) is 0 Å². The number of urea groups is 1. The summed E-state index contributed by atoms with van der Waals surface area (Å²) in [6.07, 6.45) is -1.19. The molecule has 10 nitrogen and oxygen atoms in total. The zero-order chi connectivity index (χ0) is 18.7. The van der Waals surface area contributed by atoms with Crippen LogP contribution in [0, 0.1) is 10.1 Å². The van der Waals surface area contributed by atoms with Crippen LogP contribution in [0.3, 0.4) is 0 Å². The summed E-state index contributed by atoms with van der Waals surface area (Å²) in [5.41, 5.74) is 0.0274. The van der Waals surface area contributed by atoms with Crippen molar-refractivity contribution in [2.24, 2.45) is 0 Å². The zero-order valence-corrected chi connectivity index (χ0v) is 14.0. The summed E-state index contributed by atoms with van der Waals surface area (Å²) in [5.74, 6) is -1.53. The quantitative estimate of drug-likeness (QED) is 0.472. The average Bonchev–Trinajstić information content (AvgIpc) is 2.99. The Morgan fingerprint density at radius 2 is 2.08 bits per heavy atom. The molecule has 1 aromatic carbocycles. The Morgan fingerprint density at radius 3 is 2.60 bits per heavy atom. The van der Waals surface area contributed by atoms with E-state index in [1.54, 1.807) is 19.0 Å². The number of rotatable bonds is 5. The minimum absolute atomic E-state index is 0.0529. The van der Waals surface area contributed by atoms with Crippen LogP contribution in [0.25, 0.3) is 0 Å². The van der Waals surface area contributed by atoms with Gasteiger partial charge in [-0.2, -0.15) is 0 Å². The van der Waals surface area contributed by atoms with E-state index in [1.165, 1.54) is 19.1 Å². The predicted octanol–water partition coefficient (Wildman–Crippen LogP) is 0.758. The molecule has 25 heavy (non-hydrogen) atoms. The maximum atomic E-state index is 12.2. The molecular weight excluding hydrogens is 332 g/mol. The molecule has 0 aliphatic carbocycles. The molecule has 1 heterocycles. The lowest BCUT2D eigenvalue weighted by molar-refractivity contribution is -0.384. The summed E-state index contributed by atoms with van der Waals surface area (Å²) in [6.45, 7) is 1.88. The standard InChI is InChI=1S/C15H18N4O6/c1-9(13(20)18-7-6-16-15(18)22)25-14(21)10-4-5-11(17(2)3)12(8-10)19(23)24/h4-5,8-9H,6-7H2,1-3H3,(H,16,22)/t9-/m1/s1. The highest BCUT2D eigenvalue weighted by Crippen LogP contribution is 2.28. The zero-order valence-electron chi connectivity index (χ0n) is 14.0. The van der Waals surface area contributed by atoms with Crippen molar-refractivity contribution in [2.45, 2.75) is 13.0 Å². The number of nitrogens with zero attached hydrogens (tertiary/aromatic N) is 3. The number of esters is 1. The Hall–Kier alpha value is -3.17. The predicted molar refractivity (Wildman–Crippen MR) is 87.4 cm³/mol. The topological polar surface area (TPSA) is 122 Å². The molecule has 0 bridgehead atoms. The van der Waals surface area contributed by atoms with Crippen molar-refractivity contribution in [3.8, 4) is 0 Å². The molecule has 1 N–H and O–H groups in total. The van der Waals surface area contributed by atoms with Gasteiger partial charge in [-0.05, 0) is 19.1 Å². The number of carbonyl (C=O) groups excluding carboxylic acids is 3. The summed E-state index contributed by atoms with van der Waals surface area (Å²) >= 11 is 0. The van der Waals surface area contributed by atoms with E-state index in [2.05, 4.69) is 5.32 Å². The van der Waals surface area contributed by atoms with Crippen molar-refractivity contribution < 1.29 is 24.0 Å². The fraction of sp³-hybridized carbons (Fsp3) is 0.400. The van der Waals surface area contributed by atoms with Gasteiger partial charge in [-0.25, -0.2) is 9.59 Å². The van der Waals surface area contributed by atoms with Crippen LogP contribution in [0.1, 0.15) is 17.3 Å². The molecule has 0 spiro atoms. The van der Waals surface area contributed by atoms with Gasteiger partial charge in [0.15, 0.2) is 6.10 Å². The number of nitro benzene ring substituents is 1. The second-order valence-corrected chi connectivity index (χ2v) is 5.62. The van der Waals surface area contributed by atoms with Crippen LogP contribution in [0.4, 0.5) is 16.2 Å². The Bertz CT molecular complexity index is 733. The van der Waals surface area contributed by atoms with Crippen LogP contribution in [-0.2, 0) is 9.53 Å². The van der Waals surface area contributed by atoms with Gasteiger partial charge in [-0.15, -0.1) is 0 Å². The third kappa shape index (κ3) is 3.84. The third-order valence-electron chi connectivity index (χ3n) is 3.64. The average molecular weight is 350 g/mol. The number of benzene rings is 1. The van der Waals surface area contributed by atoms with Crippen molar-refractivity contribution in [2.75, 3.05) is 32.1 Å². The van der Waals surface area contributed by atoms with Crippen molar-refractivity contribution in [1.82, 2.24) is 10.2 Å². The van der Waals surface area contributed by atoms with Gasteiger partial charge < -0.3 is 15.0 Å². The first-order valence-corrected chi connectivity index (χ1v) is 7.48. The van der Waals surface area contributed by atoms with Gasteiger partial charge in [0.05, 0.1) is 10.5 Å². The van der Waals surface area contributed by atoms with Crippen LogP contribution in [0.15, 0.2) is 18.2 Å². The highest BCUT2D eigenvalue weighted by atomic mass is 16.6. The monoisotopic (exact) mass is 350 g/mol. The molecule has 1 atom stereocenters. The molecule has 0 unspecified atom stereocenters. The number of hydrogen-bond donors (Lipinski definition) is 1. The Kier molecular flexibility index (Phi) is 5.20. The smallest absolute Gasteiger partial charge is 0.339 e. The van der Waals surface area contributed by atoms with Gasteiger partial charge >= 0.3 is 12.0 Å². The van der Waals surface area contributed by atoms with E-state index in [-0.39, 0.29) is 17.8 Å². The molecule has 1 fully saturated rings. The van der Waals surface area contributed by atoms with Crippen LogP contribution < -0.4 is 10.2 Å². The number of hydrogen-bond acceptors (Lipinski definition) is 7. The summed E-state index contributed by atoms with van der Waals surface area (Å²) in [6, 6.07) is 3.36. The molecule has 1 saturated heterocycles. The first-order chi connectivity index (χ1) is 11.7. The Balaban J connectivity index is 2.15. The normalized spacial score (nSPS) is 14.7. The van der Waals surface area contributed by atoms with Gasteiger partial charge in [0, 0.05) is 33.3 Å². The number of carbonyl (C=O) groups is 3. The first-order valence-electron chi connectivity index (χ1n) is 7.48. The fourth-order valence-electron chi connectivity index (χ4n) is 2.36. The molecule has 2 rings (SSSR count).